The minimum atomic E-state index is 1.10. The van der Waals surface area contributed by atoms with E-state index in [4.69, 9.17) is 0 Å². The molecule has 1 heterocycles. The Morgan fingerprint density at radius 1 is 1.62 bits per heavy atom. The van der Waals surface area contributed by atoms with E-state index in [0.717, 1.165) is 12.1 Å². The van der Waals surface area contributed by atoms with Crippen LogP contribution in [0, 0.1) is 0 Å². The van der Waals surface area contributed by atoms with Crippen LogP contribution in [0.1, 0.15) is 20.3 Å². The van der Waals surface area contributed by atoms with Crippen molar-refractivity contribution in [3.05, 3.63) is 23.5 Å². The van der Waals surface area contributed by atoms with Crippen LogP contribution in [0.4, 0.5) is 0 Å². The molecular weight excluding hydrogens is 98.1 g/mol. The third-order valence-corrected chi connectivity index (χ3v) is 1.24. The first-order valence-electron chi connectivity index (χ1n) is 2.91. The Morgan fingerprint density at radius 3 is 2.62 bits per heavy atom. The molecule has 0 spiro atoms. The summed E-state index contributed by atoms with van der Waals surface area (Å²) in [6.07, 6.45) is 5.14. The fourth-order valence-corrected chi connectivity index (χ4v) is 0.721. The van der Waals surface area contributed by atoms with E-state index in [2.05, 4.69) is 18.3 Å². The molecule has 1 aliphatic heterocycles. The Kier molecular flexibility index (Phi) is 1.38. The summed E-state index contributed by atoms with van der Waals surface area (Å²) in [7, 11) is 0. The third-order valence-electron chi connectivity index (χ3n) is 1.24. The Balaban J connectivity index is 2.58. The summed E-state index contributed by atoms with van der Waals surface area (Å²) >= 11 is 0. The van der Waals surface area contributed by atoms with E-state index in [1.165, 1.54) is 5.57 Å². The monoisotopic (exact) mass is 108 g/mol. The molecule has 0 aromatic carbocycles. The highest BCUT2D eigenvalue weighted by atomic mass is 14.9. The van der Waals surface area contributed by atoms with Gasteiger partial charge in [0.15, 0.2) is 0 Å². The largest absolute Gasteiger partial charge is 0.261 e. The van der Waals surface area contributed by atoms with Crippen LogP contribution >= 0.6 is 0 Å². The minimum absolute atomic E-state index is 1.10. The zero-order valence-corrected chi connectivity index (χ0v) is 5.31. The molecule has 1 heteroatoms. The van der Waals surface area contributed by atoms with Crippen LogP contribution in [0.3, 0.4) is 0 Å². The standard InChI is InChI=1S/C7H10N/c1-3-7-4-6(2)8-5-7/h4-5H,3H2,1-2H3. The first kappa shape index (κ1) is 5.42. The topological polar surface area (TPSA) is 14.1 Å². The lowest BCUT2D eigenvalue weighted by Gasteiger charge is -1.82. The normalized spacial score (nSPS) is 17.2. The summed E-state index contributed by atoms with van der Waals surface area (Å²) in [6.45, 7) is 4.15. The van der Waals surface area contributed by atoms with Gasteiger partial charge in [-0.05, 0) is 25.0 Å². The summed E-state index contributed by atoms with van der Waals surface area (Å²) in [5.74, 6) is 0. The summed E-state index contributed by atoms with van der Waals surface area (Å²) in [4.78, 5) is 0. The maximum Gasteiger partial charge on any atom is 0.0376 e. The number of hydrogen-bond acceptors (Lipinski definition) is 0. The quantitative estimate of drug-likeness (QED) is 0.486. The molecule has 0 atom stereocenters. The fraction of sp³-hybridized carbons (Fsp3) is 0.429. The Hall–Kier alpha value is -0.720. The number of nitrogens with zero attached hydrogens (tertiary/aromatic N) is 1. The van der Waals surface area contributed by atoms with Crippen molar-refractivity contribution < 1.29 is 0 Å². The van der Waals surface area contributed by atoms with Crippen LogP contribution in [0.2, 0.25) is 0 Å². The lowest BCUT2D eigenvalue weighted by Crippen LogP contribution is -1.82. The SMILES string of the molecule is CCC1=C[N]C(C)=C1. The zero-order valence-electron chi connectivity index (χ0n) is 5.31. The van der Waals surface area contributed by atoms with E-state index < -0.39 is 0 Å². The summed E-state index contributed by atoms with van der Waals surface area (Å²) < 4.78 is 0. The maximum atomic E-state index is 4.09. The van der Waals surface area contributed by atoms with E-state index in [0.29, 0.717) is 0 Å². The second kappa shape index (κ2) is 2.03. The van der Waals surface area contributed by atoms with Crippen molar-refractivity contribution in [2.45, 2.75) is 20.3 Å². The van der Waals surface area contributed by atoms with Gasteiger partial charge in [0.2, 0.25) is 0 Å². The van der Waals surface area contributed by atoms with Crippen molar-refractivity contribution in [1.82, 2.24) is 5.32 Å². The van der Waals surface area contributed by atoms with Crippen molar-refractivity contribution in [2.75, 3.05) is 0 Å². The van der Waals surface area contributed by atoms with E-state index in [9.17, 15) is 0 Å². The van der Waals surface area contributed by atoms with Gasteiger partial charge < -0.3 is 0 Å². The van der Waals surface area contributed by atoms with Crippen LogP contribution in [-0.4, -0.2) is 0 Å². The van der Waals surface area contributed by atoms with Crippen LogP contribution in [0.15, 0.2) is 23.5 Å². The lowest BCUT2D eigenvalue weighted by atomic mass is 10.2. The first-order chi connectivity index (χ1) is 3.83. The highest BCUT2D eigenvalue weighted by molar-refractivity contribution is 5.28. The number of allylic oxidation sites excluding steroid dienone is 3. The Labute approximate surface area is 50.1 Å². The van der Waals surface area contributed by atoms with E-state index >= 15 is 0 Å². The first-order valence-corrected chi connectivity index (χ1v) is 2.91. The molecule has 0 saturated heterocycles. The third kappa shape index (κ3) is 0.915. The van der Waals surface area contributed by atoms with Gasteiger partial charge in [0, 0.05) is 11.9 Å². The summed E-state index contributed by atoms with van der Waals surface area (Å²) in [5.41, 5.74) is 2.46. The molecule has 0 aromatic heterocycles. The second-order valence-corrected chi connectivity index (χ2v) is 1.97. The van der Waals surface area contributed by atoms with Gasteiger partial charge in [0.25, 0.3) is 0 Å². The minimum Gasteiger partial charge on any atom is -0.261 e. The summed E-state index contributed by atoms with van der Waals surface area (Å²) in [5, 5.41) is 4.09. The molecule has 8 heavy (non-hydrogen) atoms. The van der Waals surface area contributed by atoms with Gasteiger partial charge in [-0.2, -0.15) is 0 Å². The van der Waals surface area contributed by atoms with Gasteiger partial charge in [-0.3, -0.25) is 5.32 Å². The molecule has 0 aromatic rings. The molecule has 1 rings (SSSR count). The van der Waals surface area contributed by atoms with E-state index in [1.807, 2.05) is 13.1 Å². The van der Waals surface area contributed by atoms with Gasteiger partial charge in [-0.25, -0.2) is 0 Å². The number of hydrogen-bond donors (Lipinski definition) is 0. The second-order valence-electron chi connectivity index (χ2n) is 1.97. The highest BCUT2D eigenvalue weighted by Gasteiger charge is 1.98. The molecule has 43 valence electrons. The molecule has 1 nitrogen and oxygen atoms in total. The molecule has 1 radical (unpaired) electrons. The fourth-order valence-electron chi connectivity index (χ4n) is 0.721. The van der Waals surface area contributed by atoms with Gasteiger partial charge in [-0.15, -0.1) is 0 Å². The van der Waals surface area contributed by atoms with Crippen molar-refractivity contribution in [3.8, 4) is 0 Å². The van der Waals surface area contributed by atoms with E-state index in [1.54, 1.807) is 0 Å². The lowest BCUT2D eigenvalue weighted by molar-refractivity contribution is 1.06. The van der Waals surface area contributed by atoms with Crippen LogP contribution < -0.4 is 5.32 Å². The molecule has 0 bridgehead atoms. The molecule has 0 unspecified atom stereocenters. The van der Waals surface area contributed by atoms with Gasteiger partial charge in [0.05, 0.1) is 0 Å². The molecule has 0 amide bonds. The van der Waals surface area contributed by atoms with Gasteiger partial charge in [0.1, 0.15) is 0 Å². The molecular formula is C7H10N. The molecule has 0 aliphatic carbocycles. The molecule has 0 fully saturated rings. The van der Waals surface area contributed by atoms with Crippen LogP contribution in [-0.2, 0) is 0 Å². The van der Waals surface area contributed by atoms with Crippen molar-refractivity contribution in [3.63, 3.8) is 0 Å². The van der Waals surface area contributed by atoms with Crippen LogP contribution in [0.25, 0.3) is 0 Å². The number of rotatable bonds is 1. The van der Waals surface area contributed by atoms with Gasteiger partial charge in [-0.1, -0.05) is 6.92 Å². The average Bonchev–Trinajstić information content (AvgIpc) is 2.14. The molecule has 1 aliphatic rings. The Morgan fingerprint density at radius 2 is 2.38 bits per heavy atom. The zero-order chi connectivity index (χ0) is 5.98. The average molecular weight is 108 g/mol. The Bertz CT molecular complexity index is 142. The van der Waals surface area contributed by atoms with Crippen LogP contribution in [0.5, 0.6) is 0 Å². The van der Waals surface area contributed by atoms with E-state index in [-0.39, 0.29) is 0 Å². The predicted octanol–water partition coefficient (Wildman–Crippen LogP) is 1.80. The van der Waals surface area contributed by atoms with Crippen molar-refractivity contribution in [1.29, 1.82) is 0 Å². The van der Waals surface area contributed by atoms with Crippen molar-refractivity contribution >= 4 is 0 Å². The maximum absolute atomic E-state index is 4.09. The highest BCUT2D eigenvalue weighted by Crippen LogP contribution is 2.10. The molecule has 0 saturated carbocycles. The summed E-state index contributed by atoms with van der Waals surface area (Å²) in [6, 6.07) is 0. The predicted molar refractivity (Wildman–Crippen MR) is 34.3 cm³/mol. The van der Waals surface area contributed by atoms with Crippen molar-refractivity contribution in [2.24, 2.45) is 0 Å². The molecule has 0 N–H and O–H groups in total. The smallest absolute Gasteiger partial charge is 0.0376 e. The van der Waals surface area contributed by atoms with Gasteiger partial charge >= 0.3 is 0 Å².